The topological polar surface area (TPSA) is 23.4 Å². The van der Waals surface area contributed by atoms with Gasteiger partial charge in [-0.15, -0.1) is 0 Å². The van der Waals surface area contributed by atoms with Crippen LogP contribution in [-0.2, 0) is 9.31 Å². The van der Waals surface area contributed by atoms with Gasteiger partial charge in [0.1, 0.15) is 0 Å². The fourth-order valence-corrected chi connectivity index (χ4v) is 7.38. The highest BCUT2D eigenvalue weighted by molar-refractivity contribution is 6.65. The molecule has 0 saturated heterocycles. The van der Waals surface area contributed by atoms with Gasteiger partial charge in [0.05, 0.1) is 6.04 Å². The van der Waals surface area contributed by atoms with Gasteiger partial charge < -0.3 is 13.9 Å². The van der Waals surface area contributed by atoms with Gasteiger partial charge in [-0.3, -0.25) is 0 Å². The predicted molar refractivity (Wildman–Crippen MR) is 197 cm³/mol. The molecule has 0 bridgehead atoms. The van der Waals surface area contributed by atoms with Crippen molar-refractivity contribution in [2.75, 3.05) is 0 Å². The van der Waals surface area contributed by atoms with Crippen molar-refractivity contribution in [3.05, 3.63) is 127 Å². The van der Waals surface area contributed by atoms with E-state index in [4.69, 9.17) is 9.31 Å². The summed E-state index contributed by atoms with van der Waals surface area (Å²) in [6, 6.07) is 38.4. The summed E-state index contributed by atoms with van der Waals surface area (Å²) in [7, 11) is -0.457. The Bertz CT molecular complexity index is 2320. The minimum absolute atomic E-state index is 0.0313. The van der Waals surface area contributed by atoms with Gasteiger partial charge in [0.15, 0.2) is 0 Å². The summed E-state index contributed by atoms with van der Waals surface area (Å²) in [5.41, 5.74) is 6.06. The minimum atomic E-state index is -0.457. The molecule has 7 aromatic rings. The third kappa shape index (κ3) is 4.84. The molecule has 4 heteroatoms. The van der Waals surface area contributed by atoms with Gasteiger partial charge >= 0.3 is 7.12 Å². The average molecular weight is 600 g/mol. The second-order valence-corrected chi connectivity index (χ2v) is 13.0. The Morgan fingerprint density at radius 1 is 0.587 bits per heavy atom. The number of hydrogen-bond acceptors (Lipinski definition) is 2. The predicted octanol–water partition coefficient (Wildman–Crippen LogP) is 10.5. The monoisotopic (exact) mass is 599 g/mol. The zero-order valence-electron chi connectivity index (χ0n) is 26.9. The molecule has 0 radical (unpaired) electrons. The number of hydrogen-bond donors (Lipinski definition) is 0. The van der Waals surface area contributed by atoms with E-state index in [9.17, 15) is 0 Å². The van der Waals surface area contributed by atoms with Gasteiger partial charge in [0.25, 0.3) is 0 Å². The molecule has 226 valence electrons. The second kappa shape index (κ2) is 11.6. The molecule has 1 aliphatic rings. The normalized spacial score (nSPS) is 15.0. The van der Waals surface area contributed by atoms with Gasteiger partial charge in [-0.2, -0.15) is 0 Å². The zero-order chi connectivity index (χ0) is 31.4. The smallest absolute Gasteiger partial charge is 0.405 e. The van der Waals surface area contributed by atoms with Crippen LogP contribution in [0, 0.1) is 0 Å². The standard InChI is InChI=1S/C42H38BNO2/c1-27(2)45-43(46-28(3)4)39-19-12-18-36-37-25-29(21-23-33(37)32-15-8-9-17-35(32)42(36)39)30-22-24-41-38(26-30)34-16-10-11-20-40(34)44(41)31-13-6-5-7-14-31/h5-13,15-28,31H,14H2,1-4H3. The van der Waals surface area contributed by atoms with E-state index in [0.29, 0.717) is 6.04 Å². The summed E-state index contributed by atoms with van der Waals surface area (Å²) >= 11 is 0. The Hall–Kier alpha value is -4.64. The van der Waals surface area contributed by atoms with Crippen LogP contribution >= 0.6 is 0 Å². The van der Waals surface area contributed by atoms with Crippen LogP contribution in [-0.4, -0.2) is 23.9 Å². The fourth-order valence-electron chi connectivity index (χ4n) is 7.38. The van der Waals surface area contributed by atoms with E-state index < -0.39 is 7.12 Å². The van der Waals surface area contributed by atoms with Crippen LogP contribution in [0.3, 0.4) is 0 Å². The quantitative estimate of drug-likeness (QED) is 0.134. The van der Waals surface area contributed by atoms with Crippen molar-refractivity contribution < 1.29 is 9.31 Å². The summed E-state index contributed by atoms with van der Waals surface area (Å²) in [5, 5.41) is 9.96. The first kappa shape index (κ1) is 28.8. The Kier molecular flexibility index (Phi) is 7.28. The van der Waals surface area contributed by atoms with Crippen LogP contribution in [0.5, 0.6) is 0 Å². The molecule has 1 aliphatic carbocycles. The molecule has 0 aliphatic heterocycles. The SMILES string of the molecule is CC(C)OB(OC(C)C)c1cccc2c3cc(-c4ccc5c(c4)c4ccccc4n5C4C=CC=CC4)ccc3c3ccccc3c12. The van der Waals surface area contributed by atoms with Crippen molar-refractivity contribution in [3.8, 4) is 11.1 Å². The van der Waals surface area contributed by atoms with E-state index in [1.807, 2.05) is 0 Å². The van der Waals surface area contributed by atoms with Crippen molar-refractivity contribution >= 4 is 66.7 Å². The Morgan fingerprint density at radius 3 is 1.93 bits per heavy atom. The summed E-state index contributed by atoms with van der Waals surface area (Å²) in [6.07, 6.45) is 9.96. The van der Waals surface area contributed by atoms with Crippen molar-refractivity contribution in [1.29, 1.82) is 0 Å². The Balaban J connectivity index is 1.35. The maximum atomic E-state index is 6.40. The largest absolute Gasteiger partial charge is 0.494 e. The minimum Gasteiger partial charge on any atom is -0.405 e. The maximum Gasteiger partial charge on any atom is 0.494 e. The number of para-hydroxylation sites is 1. The van der Waals surface area contributed by atoms with Gasteiger partial charge in [0, 0.05) is 34.0 Å². The van der Waals surface area contributed by atoms with Crippen LogP contribution < -0.4 is 5.46 Å². The lowest BCUT2D eigenvalue weighted by Crippen LogP contribution is -2.41. The van der Waals surface area contributed by atoms with Crippen LogP contribution in [0.4, 0.5) is 0 Å². The highest BCUT2D eigenvalue weighted by Crippen LogP contribution is 2.39. The van der Waals surface area contributed by atoms with Crippen LogP contribution in [0.15, 0.2) is 127 Å². The number of nitrogens with zero attached hydrogens (tertiary/aromatic N) is 1. The second-order valence-electron chi connectivity index (χ2n) is 13.0. The molecule has 6 aromatic carbocycles. The molecule has 3 nitrogen and oxygen atoms in total. The molecular formula is C42H38BNO2. The zero-order valence-corrected chi connectivity index (χ0v) is 26.9. The number of fused-ring (bicyclic) bond motifs is 9. The van der Waals surface area contributed by atoms with Gasteiger partial charge in [0.2, 0.25) is 0 Å². The molecule has 1 atom stereocenters. The van der Waals surface area contributed by atoms with Gasteiger partial charge in [-0.05, 0) is 107 Å². The highest BCUT2D eigenvalue weighted by Gasteiger charge is 2.28. The fraction of sp³-hybridized carbons (Fsp3) is 0.190. The molecule has 0 fully saturated rings. The molecule has 8 rings (SSSR count). The molecule has 1 heterocycles. The van der Waals surface area contributed by atoms with E-state index in [1.165, 1.54) is 65.3 Å². The molecule has 0 amide bonds. The van der Waals surface area contributed by atoms with Crippen LogP contribution in [0.25, 0.3) is 65.3 Å². The number of aromatic nitrogens is 1. The van der Waals surface area contributed by atoms with E-state index in [0.717, 1.165) is 11.9 Å². The van der Waals surface area contributed by atoms with E-state index in [2.05, 4.69) is 160 Å². The summed E-state index contributed by atoms with van der Waals surface area (Å²) in [4.78, 5) is 0. The van der Waals surface area contributed by atoms with Crippen LogP contribution in [0.2, 0.25) is 0 Å². The Labute approximate surface area is 270 Å². The maximum absolute atomic E-state index is 6.40. The Morgan fingerprint density at radius 2 is 1.20 bits per heavy atom. The van der Waals surface area contributed by atoms with Crippen molar-refractivity contribution in [3.63, 3.8) is 0 Å². The van der Waals surface area contributed by atoms with E-state index in [-0.39, 0.29) is 12.2 Å². The number of rotatable bonds is 7. The molecule has 0 saturated carbocycles. The first-order valence-corrected chi connectivity index (χ1v) is 16.5. The van der Waals surface area contributed by atoms with Crippen LogP contribution in [0.1, 0.15) is 40.2 Å². The lowest BCUT2D eigenvalue weighted by molar-refractivity contribution is 0.139. The molecule has 0 spiro atoms. The molecule has 46 heavy (non-hydrogen) atoms. The number of benzene rings is 6. The molecule has 1 aromatic heterocycles. The molecule has 1 unspecified atom stereocenters. The lowest BCUT2D eigenvalue weighted by Gasteiger charge is -2.22. The third-order valence-corrected chi connectivity index (χ3v) is 9.27. The number of allylic oxidation sites excluding steroid dienone is 4. The summed E-state index contributed by atoms with van der Waals surface area (Å²) in [6.45, 7) is 8.27. The third-order valence-electron chi connectivity index (χ3n) is 9.27. The summed E-state index contributed by atoms with van der Waals surface area (Å²) in [5.74, 6) is 0. The van der Waals surface area contributed by atoms with E-state index in [1.54, 1.807) is 0 Å². The molecule has 0 N–H and O–H groups in total. The van der Waals surface area contributed by atoms with Crippen molar-refractivity contribution in [1.82, 2.24) is 4.57 Å². The van der Waals surface area contributed by atoms with Crippen molar-refractivity contribution in [2.24, 2.45) is 0 Å². The van der Waals surface area contributed by atoms with Gasteiger partial charge in [-0.1, -0.05) is 103 Å². The van der Waals surface area contributed by atoms with E-state index >= 15 is 0 Å². The molecular weight excluding hydrogens is 561 g/mol. The summed E-state index contributed by atoms with van der Waals surface area (Å²) < 4.78 is 15.3. The van der Waals surface area contributed by atoms with Gasteiger partial charge in [-0.25, -0.2) is 0 Å². The first-order chi connectivity index (χ1) is 22.5. The lowest BCUT2D eigenvalue weighted by atomic mass is 9.73. The van der Waals surface area contributed by atoms with Crippen molar-refractivity contribution in [2.45, 2.75) is 52.4 Å². The average Bonchev–Trinajstić information content (AvgIpc) is 3.41. The first-order valence-electron chi connectivity index (χ1n) is 16.5. The highest BCUT2D eigenvalue weighted by atomic mass is 16.6.